The molecule has 10 heteroatoms. The summed E-state index contributed by atoms with van der Waals surface area (Å²) in [6, 6.07) is 6.13. The SMILES string of the molecule is COc1cc(NC(C)CCCN)c2ncccc2c1OC.O=P(O)(O)O. The highest BCUT2D eigenvalue weighted by Crippen LogP contribution is 2.39. The number of ether oxygens (including phenoxy) is 2. The van der Waals surface area contributed by atoms with E-state index in [4.69, 9.17) is 34.5 Å². The average molecular weight is 387 g/mol. The van der Waals surface area contributed by atoms with Crippen molar-refractivity contribution in [2.75, 3.05) is 26.1 Å². The Morgan fingerprint density at radius 2 is 1.96 bits per heavy atom. The van der Waals surface area contributed by atoms with E-state index in [2.05, 4.69) is 17.2 Å². The maximum Gasteiger partial charge on any atom is 0.466 e. The predicted molar refractivity (Wildman–Crippen MR) is 100 cm³/mol. The summed E-state index contributed by atoms with van der Waals surface area (Å²) in [6.45, 7) is 2.85. The van der Waals surface area contributed by atoms with E-state index >= 15 is 0 Å². The first-order valence-electron chi connectivity index (χ1n) is 7.95. The van der Waals surface area contributed by atoms with Crippen molar-refractivity contribution < 1.29 is 28.7 Å². The highest BCUT2D eigenvalue weighted by Gasteiger charge is 2.15. The quantitative estimate of drug-likeness (QED) is 0.449. The van der Waals surface area contributed by atoms with Gasteiger partial charge in [-0.2, -0.15) is 0 Å². The number of pyridine rings is 1. The Morgan fingerprint density at radius 3 is 2.50 bits per heavy atom. The molecular formula is C16H26N3O6P. The van der Waals surface area contributed by atoms with Crippen molar-refractivity contribution in [1.29, 1.82) is 0 Å². The van der Waals surface area contributed by atoms with Crippen molar-refractivity contribution in [1.82, 2.24) is 4.98 Å². The molecule has 2 rings (SSSR count). The molecule has 0 radical (unpaired) electrons. The summed E-state index contributed by atoms with van der Waals surface area (Å²) in [5.41, 5.74) is 7.40. The minimum absolute atomic E-state index is 0.317. The van der Waals surface area contributed by atoms with Gasteiger partial charge >= 0.3 is 7.82 Å². The second-order valence-electron chi connectivity index (χ2n) is 5.55. The normalized spacial score (nSPS) is 12.1. The predicted octanol–water partition coefficient (Wildman–Crippen LogP) is 1.86. The molecule has 146 valence electrons. The van der Waals surface area contributed by atoms with E-state index in [-0.39, 0.29) is 0 Å². The molecular weight excluding hydrogens is 361 g/mol. The van der Waals surface area contributed by atoms with Crippen LogP contribution < -0.4 is 20.5 Å². The first-order valence-corrected chi connectivity index (χ1v) is 9.52. The van der Waals surface area contributed by atoms with Crippen LogP contribution in [0, 0.1) is 0 Å². The number of nitrogens with two attached hydrogens (primary N) is 1. The zero-order valence-electron chi connectivity index (χ0n) is 15.0. The molecule has 0 bridgehead atoms. The Kier molecular flexibility index (Phi) is 8.77. The Balaban J connectivity index is 0.000000597. The minimum Gasteiger partial charge on any atom is -0.493 e. The number of methoxy groups -OCH3 is 2. The van der Waals surface area contributed by atoms with Crippen LogP contribution in [0.1, 0.15) is 19.8 Å². The molecule has 2 aromatic rings. The summed E-state index contributed by atoms with van der Waals surface area (Å²) in [7, 11) is -1.36. The van der Waals surface area contributed by atoms with Gasteiger partial charge in [-0.25, -0.2) is 4.57 Å². The van der Waals surface area contributed by atoms with Gasteiger partial charge in [-0.1, -0.05) is 0 Å². The van der Waals surface area contributed by atoms with Gasteiger partial charge < -0.3 is 35.2 Å². The van der Waals surface area contributed by atoms with Gasteiger partial charge in [0.25, 0.3) is 0 Å². The molecule has 0 saturated carbocycles. The number of anilines is 1. The average Bonchev–Trinajstić information content (AvgIpc) is 2.58. The second kappa shape index (κ2) is 10.3. The second-order valence-corrected chi connectivity index (χ2v) is 6.58. The molecule has 0 saturated heterocycles. The van der Waals surface area contributed by atoms with Crippen LogP contribution in [0.4, 0.5) is 5.69 Å². The molecule has 1 heterocycles. The van der Waals surface area contributed by atoms with E-state index in [1.54, 1.807) is 20.4 Å². The Bertz CT molecular complexity index is 744. The van der Waals surface area contributed by atoms with Crippen molar-refractivity contribution >= 4 is 24.4 Å². The van der Waals surface area contributed by atoms with Crippen molar-refractivity contribution in [3.05, 3.63) is 24.4 Å². The van der Waals surface area contributed by atoms with Gasteiger partial charge in [0.2, 0.25) is 0 Å². The molecule has 0 spiro atoms. The molecule has 1 aromatic heterocycles. The van der Waals surface area contributed by atoms with E-state index in [9.17, 15) is 0 Å². The molecule has 9 nitrogen and oxygen atoms in total. The van der Waals surface area contributed by atoms with Crippen LogP contribution in [0.3, 0.4) is 0 Å². The fourth-order valence-corrected chi connectivity index (χ4v) is 2.43. The van der Waals surface area contributed by atoms with Crippen LogP contribution in [0.5, 0.6) is 11.5 Å². The number of fused-ring (bicyclic) bond motifs is 1. The molecule has 0 aliphatic rings. The molecule has 26 heavy (non-hydrogen) atoms. The van der Waals surface area contributed by atoms with Gasteiger partial charge in [0.1, 0.15) is 0 Å². The molecule has 1 aromatic carbocycles. The van der Waals surface area contributed by atoms with Crippen LogP contribution in [0.25, 0.3) is 10.9 Å². The number of rotatable bonds is 7. The molecule has 0 aliphatic heterocycles. The number of benzene rings is 1. The monoisotopic (exact) mass is 387 g/mol. The van der Waals surface area contributed by atoms with Gasteiger partial charge in [-0.15, -0.1) is 0 Å². The number of phosphoric acid groups is 1. The lowest BCUT2D eigenvalue weighted by Gasteiger charge is -2.19. The minimum atomic E-state index is -4.64. The van der Waals surface area contributed by atoms with Crippen molar-refractivity contribution in [2.24, 2.45) is 5.73 Å². The summed E-state index contributed by atoms with van der Waals surface area (Å²) in [6.07, 6.45) is 3.79. The van der Waals surface area contributed by atoms with E-state index in [1.807, 2.05) is 18.2 Å². The number of nitrogens with one attached hydrogen (secondary N) is 1. The van der Waals surface area contributed by atoms with Gasteiger partial charge in [0.15, 0.2) is 11.5 Å². The summed E-state index contributed by atoms with van der Waals surface area (Å²) in [4.78, 5) is 26.0. The first-order chi connectivity index (χ1) is 12.2. The lowest BCUT2D eigenvalue weighted by atomic mass is 10.1. The number of nitrogens with zero attached hydrogens (tertiary/aromatic N) is 1. The molecule has 6 N–H and O–H groups in total. The van der Waals surface area contributed by atoms with Crippen LogP contribution in [-0.4, -0.2) is 46.5 Å². The van der Waals surface area contributed by atoms with Crippen LogP contribution in [0.15, 0.2) is 24.4 Å². The Labute approximate surface area is 152 Å². The van der Waals surface area contributed by atoms with E-state index in [0.717, 1.165) is 29.4 Å². The smallest absolute Gasteiger partial charge is 0.466 e. The van der Waals surface area contributed by atoms with Gasteiger partial charge in [-0.3, -0.25) is 4.98 Å². The summed E-state index contributed by atoms with van der Waals surface area (Å²) in [5.74, 6) is 1.41. The number of hydrogen-bond donors (Lipinski definition) is 5. The fraction of sp³-hybridized carbons (Fsp3) is 0.438. The number of aromatic nitrogens is 1. The third-order valence-electron chi connectivity index (χ3n) is 3.47. The van der Waals surface area contributed by atoms with E-state index < -0.39 is 7.82 Å². The first kappa shape index (κ1) is 22.1. The topological polar surface area (TPSA) is 147 Å². The summed E-state index contributed by atoms with van der Waals surface area (Å²) in [5, 5.41) is 4.43. The Morgan fingerprint density at radius 1 is 1.31 bits per heavy atom. The molecule has 0 fully saturated rings. The van der Waals surface area contributed by atoms with Gasteiger partial charge in [-0.05, 0) is 38.4 Å². The largest absolute Gasteiger partial charge is 0.493 e. The fourth-order valence-electron chi connectivity index (χ4n) is 2.43. The van der Waals surface area contributed by atoms with Crippen LogP contribution in [0.2, 0.25) is 0 Å². The van der Waals surface area contributed by atoms with Crippen LogP contribution >= 0.6 is 7.82 Å². The van der Waals surface area contributed by atoms with Gasteiger partial charge in [0.05, 0.1) is 25.4 Å². The maximum atomic E-state index is 8.88. The zero-order chi connectivity index (χ0) is 19.7. The highest BCUT2D eigenvalue weighted by atomic mass is 31.2. The molecule has 1 unspecified atom stereocenters. The van der Waals surface area contributed by atoms with Crippen LogP contribution in [-0.2, 0) is 4.57 Å². The molecule has 0 amide bonds. The Hall–Kier alpha value is -1.90. The van der Waals surface area contributed by atoms with Gasteiger partial charge in [0, 0.05) is 23.7 Å². The summed E-state index contributed by atoms with van der Waals surface area (Å²) >= 11 is 0. The summed E-state index contributed by atoms with van der Waals surface area (Å²) < 4.78 is 19.8. The molecule has 1 atom stereocenters. The molecule has 0 aliphatic carbocycles. The lowest BCUT2D eigenvalue weighted by molar-refractivity contribution is 0.275. The van der Waals surface area contributed by atoms with Crippen molar-refractivity contribution in [3.63, 3.8) is 0 Å². The highest BCUT2D eigenvalue weighted by molar-refractivity contribution is 7.45. The van der Waals surface area contributed by atoms with Crippen molar-refractivity contribution in [3.8, 4) is 11.5 Å². The maximum absolute atomic E-state index is 8.88. The standard InChI is InChI=1S/C16H23N3O2.H3O4P/c1-11(6-4-8-17)19-13-10-14(20-2)16(21-3)12-7-5-9-18-15(12)13;1-5(2,3)4/h5,7,9-11,19H,4,6,8,17H2,1-3H3;(H3,1,2,3,4). The third-order valence-corrected chi connectivity index (χ3v) is 3.47. The number of hydrogen-bond acceptors (Lipinski definition) is 6. The van der Waals surface area contributed by atoms with E-state index in [0.29, 0.717) is 24.1 Å². The van der Waals surface area contributed by atoms with E-state index in [1.165, 1.54) is 0 Å². The zero-order valence-corrected chi connectivity index (χ0v) is 15.9. The lowest BCUT2D eigenvalue weighted by Crippen LogP contribution is -2.17. The van der Waals surface area contributed by atoms with Crippen molar-refractivity contribution in [2.45, 2.75) is 25.8 Å². The third kappa shape index (κ3) is 7.15.